The van der Waals surface area contributed by atoms with Crippen LogP contribution in [0.25, 0.3) is 0 Å². The number of carbonyl (C=O) groups is 1. The van der Waals surface area contributed by atoms with E-state index >= 15 is 0 Å². The number of amides is 1. The van der Waals surface area contributed by atoms with E-state index in [9.17, 15) is 4.79 Å². The van der Waals surface area contributed by atoms with Crippen molar-refractivity contribution >= 4 is 40.4 Å². The normalized spacial score (nSPS) is 10.2. The largest absolute Gasteiger partial charge is 0.346 e. The van der Waals surface area contributed by atoms with Crippen LogP contribution in [0, 0.1) is 0 Å². The van der Waals surface area contributed by atoms with Crippen molar-refractivity contribution in [3.05, 3.63) is 44.3 Å². The lowest BCUT2D eigenvalue weighted by molar-refractivity contribution is 0.0950. The zero-order valence-corrected chi connectivity index (χ0v) is 10.8. The molecule has 0 unspecified atom stereocenters. The Labute approximate surface area is 112 Å². The molecule has 0 saturated heterocycles. The summed E-state index contributed by atoms with van der Waals surface area (Å²) in [5.74, 6) is -0.288. The Morgan fingerprint density at radius 3 is 2.53 bits per heavy atom. The number of hydrogen-bond acceptors (Lipinski definition) is 4. The second kappa shape index (κ2) is 5.44. The molecule has 4 nitrogen and oxygen atoms in total. The standard InChI is InChI=1S/C10H7Cl2N3OS/c11-7-3-1-6(2-4-7)5-13-8(16)9-14-15-10(12)17-9/h1-4H,5H2,(H,13,16). The summed E-state index contributed by atoms with van der Waals surface area (Å²) in [5, 5.41) is 10.8. The number of nitrogens with one attached hydrogen (secondary N) is 1. The lowest BCUT2D eigenvalue weighted by Crippen LogP contribution is -2.22. The Balaban J connectivity index is 1.94. The van der Waals surface area contributed by atoms with Crippen LogP contribution in [0.1, 0.15) is 15.4 Å². The lowest BCUT2D eigenvalue weighted by Gasteiger charge is -2.02. The molecule has 1 heterocycles. The summed E-state index contributed by atoms with van der Waals surface area (Å²) in [6.07, 6.45) is 0. The maximum atomic E-state index is 11.6. The van der Waals surface area contributed by atoms with Crippen molar-refractivity contribution in [3.63, 3.8) is 0 Å². The average molecular weight is 288 g/mol. The third-order valence-electron chi connectivity index (χ3n) is 1.96. The number of hydrogen-bond donors (Lipinski definition) is 1. The van der Waals surface area contributed by atoms with E-state index < -0.39 is 0 Å². The summed E-state index contributed by atoms with van der Waals surface area (Å²) in [6, 6.07) is 7.22. The summed E-state index contributed by atoms with van der Waals surface area (Å²) in [5.41, 5.74) is 0.957. The average Bonchev–Trinajstić information content (AvgIpc) is 2.75. The molecule has 1 N–H and O–H groups in total. The highest BCUT2D eigenvalue weighted by atomic mass is 35.5. The zero-order valence-electron chi connectivity index (χ0n) is 8.48. The predicted molar refractivity (Wildman–Crippen MR) is 67.5 cm³/mol. The van der Waals surface area contributed by atoms with Crippen molar-refractivity contribution < 1.29 is 4.79 Å². The minimum Gasteiger partial charge on any atom is -0.346 e. The molecule has 0 aliphatic rings. The Morgan fingerprint density at radius 1 is 1.24 bits per heavy atom. The monoisotopic (exact) mass is 287 g/mol. The first-order valence-electron chi connectivity index (χ1n) is 4.67. The van der Waals surface area contributed by atoms with Crippen LogP contribution >= 0.6 is 34.5 Å². The van der Waals surface area contributed by atoms with E-state index in [1.165, 1.54) is 0 Å². The molecular weight excluding hydrogens is 281 g/mol. The molecule has 1 aromatic heterocycles. The number of benzene rings is 1. The highest BCUT2D eigenvalue weighted by molar-refractivity contribution is 7.17. The molecule has 17 heavy (non-hydrogen) atoms. The zero-order chi connectivity index (χ0) is 12.3. The molecule has 0 bridgehead atoms. The molecule has 0 spiro atoms. The number of aromatic nitrogens is 2. The van der Waals surface area contributed by atoms with Gasteiger partial charge in [-0.2, -0.15) is 0 Å². The summed E-state index contributed by atoms with van der Waals surface area (Å²) in [4.78, 5) is 11.6. The van der Waals surface area contributed by atoms with Crippen molar-refractivity contribution in [3.8, 4) is 0 Å². The number of nitrogens with zero attached hydrogens (tertiary/aromatic N) is 2. The van der Waals surface area contributed by atoms with Gasteiger partial charge in [0, 0.05) is 11.6 Å². The Bertz CT molecular complexity index is 527. The SMILES string of the molecule is O=C(NCc1ccc(Cl)cc1)c1nnc(Cl)s1. The highest BCUT2D eigenvalue weighted by Crippen LogP contribution is 2.15. The van der Waals surface area contributed by atoms with E-state index in [1.807, 2.05) is 12.1 Å². The van der Waals surface area contributed by atoms with Crippen LogP contribution < -0.4 is 5.32 Å². The van der Waals surface area contributed by atoms with E-state index in [0.29, 0.717) is 11.6 Å². The number of rotatable bonds is 3. The second-order valence-corrected chi connectivity index (χ2v) is 5.17. The quantitative estimate of drug-likeness (QED) is 0.944. The van der Waals surface area contributed by atoms with Crippen LogP contribution in [-0.4, -0.2) is 16.1 Å². The molecule has 0 aliphatic heterocycles. The molecule has 0 fully saturated rings. The van der Waals surface area contributed by atoms with Gasteiger partial charge in [0.1, 0.15) is 0 Å². The van der Waals surface area contributed by atoms with Crippen molar-refractivity contribution in [2.75, 3.05) is 0 Å². The first-order chi connectivity index (χ1) is 8.15. The summed E-state index contributed by atoms with van der Waals surface area (Å²) >= 11 is 12.4. The maximum absolute atomic E-state index is 11.6. The van der Waals surface area contributed by atoms with E-state index in [-0.39, 0.29) is 15.4 Å². The van der Waals surface area contributed by atoms with Gasteiger partial charge >= 0.3 is 0 Å². The molecule has 2 aromatic rings. The van der Waals surface area contributed by atoms with Gasteiger partial charge in [-0.15, -0.1) is 10.2 Å². The topological polar surface area (TPSA) is 54.9 Å². The molecule has 2 rings (SSSR count). The minimum absolute atomic E-state index is 0.252. The van der Waals surface area contributed by atoms with Gasteiger partial charge in [-0.25, -0.2) is 0 Å². The van der Waals surface area contributed by atoms with Crippen LogP contribution in [0.15, 0.2) is 24.3 Å². The molecular formula is C10H7Cl2N3OS. The second-order valence-electron chi connectivity index (χ2n) is 3.17. The van der Waals surface area contributed by atoms with E-state index in [0.717, 1.165) is 16.9 Å². The van der Waals surface area contributed by atoms with Crippen molar-refractivity contribution in [2.45, 2.75) is 6.54 Å². The van der Waals surface area contributed by atoms with Gasteiger partial charge in [0.2, 0.25) is 9.47 Å². The highest BCUT2D eigenvalue weighted by Gasteiger charge is 2.11. The van der Waals surface area contributed by atoms with Crippen molar-refractivity contribution in [1.29, 1.82) is 0 Å². The third kappa shape index (κ3) is 3.39. The predicted octanol–water partition coefficient (Wildman–Crippen LogP) is 2.77. The van der Waals surface area contributed by atoms with Gasteiger partial charge in [0.15, 0.2) is 0 Å². The van der Waals surface area contributed by atoms with Crippen molar-refractivity contribution in [1.82, 2.24) is 15.5 Å². The smallest absolute Gasteiger partial charge is 0.282 e. The van der Waals surface area contributed by atoms with Crippen LogP contribution in [-0.2, 0) is 6.54 Å². The van der Waals surface area contributed by atoms with Crippen LogP contribution in [0.5, 0.6) is 0 Å². The van der Waals surface area contributed by atoms with Gasteiger partial charge in [0.25, 0.3) is 5.91 Å². The van der Waals surface area contributed by atoms with E-state index in [2.05, 4.69) is 15.5 Å². The lowest BCUT2D eigenvalue weighted by atomic mass is 10.2. The fourth-order valence-corrected chi connectivity index (χ4v) is 2.03. The van der Waals surface area contributed by atoms with Crippen LogP contribution in [0.3, 0.4) is 0 Å². The van der Waals surface area contributed by atoms with Gasteiger partial charge in [-0.05, 0) is 29.3 Å². The van der Waals surface area contributed by atoms with Gasteiger partial charge < -0.3 is 5.32 Å². The first kappa shape index (κ1) is 12.3. The maximum Gasteiger partial charge on any atom is 0.282 e. The van der Waals surface area contributed by atoms with Crippen molar-refractivity contribution in [2.24, 2.45) is 0 Å². The molecule has 88 valence electrons. The molecule has 7 heteroatoms. The van der Waals surface area contributed by atoms with E-state index in [4.69, 9.17) is 23.2 Å². The Kier molecular flexibility index (Phi) is 3.93. The minimum atomic E-state index is -0.288. The first-order valence-corrected chi connectivity index (χ1v) is 6.24. The molecule has 0 saturated carbocycles. The van der Waals surface area contributed by atoms with Crippen LogP contribution in [0.4, 0.5) is 0 Å². The fourth-order valence-electron chi connectivity index (χ4n) is 1.16. The van der Waals surface area contributed by atoms with Gasteiger partial charge in [0.05, 0.1) is 0 Å². The summed E-state index contributed by atoms with van der Waals surface area (Å²) < 4.78 is 0.252. The summed E-state index contributed by atoms with van der Waals surface area (Å²) in [7, 11) is 0. The molecule has 0 radical (unpaired) electrons. The number of halogens is 2. The fraction of sp³-hybridized carbons (Fsp3) is 0.100. The summed E-state index contributed by atoms with van der Waals surface area (Å²) in [6.45, 7) is 0.410. The molecule has 1 aromatic carbocycles. The Morgan fingerprint density at radius 2 is 1.94 bits per heavy atom. The Hall–Kier alpha value is -1.17. The molecule has 0 aliphatic carbocycles. The van der Waals surface area contributed by atoms with Crippen LogP contribution in [0.2, 0.25) is 9.49 Å². The molecule has 1 amide bonds. The third-order valence-corrected chi connectivity index (χ3v) is 3.23. The van der Waals surface area contributed by atoms with E-state index in [1.54, 1.807) is 12.1 Å². The van der Waals surface area contributed by atoms with Gasteiger partial charge in [-0.3, -0.25) is 4.79 Å². The molecule has 0 atom stereocenters. The van der Waals surface area contributed by atoms with Gasteiger partial charge in [-0.1, -0.05) is 35.1 Å². The number of carbonyl (C=O) groups excluding carboxylic acids is 1.